The Morgan fingerprint density at radius 2 is 2.33 bits per heavy atom. The van der Waals surface area contributed by atoms with E-state index in [-0.39, 0.29) is 12.0 Å². The summed E-state index contributed by atoms with van der Waals surface area (Å²) in [5, 5.41) is 13.5. The lowest BCUT2D eigenvalue weighted by Gasteiger charge is -2.12. The number of hydrogen-bond acceptors (Lipinski definition) is 8. The van der Waals surface area contributed by atoms with Crippen LogP contribution < -0.4 is 20.7 Å². The molecule has 1 aliphatic rings. The van der Waals surface area contributed by atoms with Crippen molar-refractivity contribution in [2.45, 2.75) is 25.4 Å². The van der Waals surface area contributed by atoms with Crippen LogP contribution in [0.4, 0.5) is 17.3 Å². The Labute approximate surface area is 174 Å². The van der Waals surface area contributed by atoms with Gasteiger partial charge in [0.15, 0.2) is 5.65 Å². The van der Waals surface area contributed by atoms with Crippen molar-refractivity contribution in [2.75, 3.05) is 37.9 Å². The van der Waals surface area contributed by atoms with E-state index in [4.69, 9.17) is 9.47 Å². The minimum Gasteiger partial charge on any atom is -0.480 e. The van der Waals surface area contributed by atoms with E-state index in [2.05, 4.69) is 31.0 Å². The number of hydrogen-bond donors (Lipinski definition) is 3. The second-order valence-electron chi connectivity index (χ2n) is 6.94. The minimum atomic E-state index is -0.214. The third-order valence-electron chi connectivity index (χ3n) is 4.98. The summed E-state index contributed by atoms with van der Waals surface area (Å²) in [6.07, 6.45) is 6.34. The molecular formula is C20H25N7O3. The lowest BCUT2D eigenvalue weighted by Crippen LogP contribution is -2.27. The lowest BCUT2D eigenvalue weighted by molar-refractivity contribution is 0.0908. The smallest absolute Gasteiger partial charge is 0.256 e. The zero-order valence-electron chi connectivity index (χ0n) is 17.0. The second kappa shape index (κ2) is 8.95. The molecule has 0 radical (unpaired) electrons. The number of nitrogens with zero attached hydrogens (tertiary/aromatic N) is 4. The fourth-order valence-electron chi connectivity index (χ4n) is 3.47. The number of methoxy groups -OCH3 is 1. The summed E-state index contributed by atoms with van der Waals surface area (Å²) < 4.78 is 12.5. The van der Waals surface area contributed by atoms with Gasteiger partial charge < -0.3 is 25.4 Å². The van der Waals surface area contributed by atoms with Crippen molar-refractivity contribution in [3.63, 3.8) is 0 Å². The van der Waals surface area contributed by atoms with Gasteiger partial charge in [-0.05, 0) is 31.4 Å². The number of rotatable bonds is 8. The molecule has 3 N–H and O–H groups in total. The van der Waals surface area contributed by atoms with E-state index in [1.807, 2.05) is 6.07 Å². The molecule has 0 aliphatic carbocycles. The normalized spacial score (nSPS) is 15.9. The molecule has 4 heterocycles. The number of pyridine rings is 1. The van der Waals surface area contributed by atoms with Crippen molar-refractivity contribution in [1.29, 1.82) is 0 Å². The zero-order chi connectivity index (χ0) is 20.9. The predicted octanol–water partition coefficient (Wildman–Crippen LogP) is 2.22. The maximum atomic E-state index is 12.7. The average molecular weight is 411 g/mol. The number of fused-ring (bicyclic) bond motifs is 1. The van der Waals surface area contributed by atoms with Crippen LogP contribution in [0.25, 0.3) is 5.65 Å². The monoisotopic (exact) mass is 411 g/mol. The Morgan fingerprint density at radius 1 is 1.43 bits per heavy atom. The Hall–Kier alpha value is -3.40. The van der Waals surface area contributed by atoms with Crippen molar-refractivity contribution in [2.24, 2.45) is 0 Å². The number of amides is 1. The molecule has 3 aromatic rings. The van der Waals surface area contributed by atoms with E-state index in [0.29, 0.717) is 41.0 Å². The molecule has 1 aliphatic heterocycles. The van der Waals surface area contributed by atoms with E-state index in [0.717, 1.165) is 25.9 Å². The molecule has 0 aromatic carbocycles. The second-order valence-corrected chi connectivity index (χ2v) is 6.94. The molecule has 158 valence electrons. The van der Waals surface area contributed by atoms with Crippen LogP contribution >= 0.6 is 0 Å². The highest BCUT2D eigenvalue weighted by Crippen LogP contribution is 2.26. The van der Waals surface area contributed by atoms with Gasteiger partial charge in [-0.3, -0.25) is 4.79 Å². The van der Waals surface area contributed by atoms with Crippen LogP contribution in [0.2, 0.25) is 0 Å². The number of nitrogens with one attached hydrogen (secondary N) is 3. The van der Waals surface area contributed by atoms with Crippen LogP contribution in [0.15, 0.2) is 30.6 Å². The highest BCUT2D eigenvalue weighted by molar-refractivity contribution is 6.00. The average Bonchev–Trinajstić information content (AvgIpc) is 3.43. The van der Waals surface area contributed by atoms with Gasteiger partial charge in [0.05, 0.1) is 19.4 Å². The van der Waals surface area contributed by atoms with Gasteiger partial charge in [0.25, 0.3) is 5.91 Å². The third kappa shape index (κ3) is 4.13. The Balaban J connectivity index is 1.57. The molecular weight excluding hydrogens is 386 g/mol. The van der Waals surface area contributed by atoms with E-state index in [1.165, 1.54) is 6.20 Å². The molecule has 4 rings (SSSR count). The van der Waals surface area contributed by atoms with Crippen LogP contribution in [-0.2, 0) is 4.74 Å². The number of carbonyl (C=O) groups is 1. The largest absolute Gasteiger partial charge is 0.480 e. The fourth-order valence-corrected chi connectivity index (χ4v) is 3.47. The molecule has 1 unspecified atom stereocenters. The summed E-state index contributed by atoms with van der Waals surface area (Å²) in [7, 11) is 3.34. The first kappa shape index (κ1) is 19.9. The standard InChI is InChI=1S/C20H25N7O3/c1-21-17-11-16(25-15-6-3-8-23-20(15)29-2)26-18-14(12-24-27(17)18)19(28)22-9-7-13-5-4-10-30-13/h3,6,8,11-13,21H,4-5,7,9-10H2,1-2H3,(H,22,28)(H,25,26). The molecule has 3 aromatic heterocycles. The van der Waals surface area contributed by atoms with Crippen molar-refractivity contribution >= 4 is 28.9 Å². The molecule has 10 nitrogen and oxygen atoms in total. The summed E-state index contributed by atoms with van der Waals surface area (Å²) in [6, 6.07) is 5.44. The van der Waals surface area contributed by atoms with Gasteiger partial charge in [0.2, 0.25) is 5.88 Å². The van der Waals surface area contributed by atoms with E-state index in [1.54, 1.807) is 37.0 Å². The molecule has 1 saturated heterocycles. The molecule has 1 fully saturated rings. The number of aromatic nitrogens is 4. The predicted molar refractivity (Wildman–Crippen MR) is 113 cm³/mol. The summed E-state index contributed by atoms with van der Waals surface area (Å²) in [5.41, 5.74) is 1.52. The molecule has 1 amide bonds. The maximum absolute atomic E-state index is 12.7. The lowest BCUT2D eigenvalue weighted by atomic mass is 10.2. The summed E-state index contributed by atoms with van der Waals surface area (Å²) >= 11 is 0. The van der Waals surface area contributed by atoms with Crippen LogP contribution in [0.5, 0.6) is 5.88 Å². The van der Waals surface area contributed by atoms with Gasteiger partial charge in [-0.25, -0.2) is 9.97 Å². The summed E-state index contributed by atoms with van der Waals surface area (Å²) in [6.45, 7) is 1.35. The summed E-state index contributed by atoms with van der Waals surface area (Å²) in [5.74, 6) is 1.45. The minimum absolute atomic E-state index is 0.214. The highest BCUT2D eigenvalue weighted by Gasteiger charge is 2.19. The SMILES string of the molecule is CNc1cc(Nc2cccnc2OC)nc2c(C(=O)NCCC3CCCO3)cnn12. The van der Waals surface area contributed by atoms with Crippen molar-refractivity contribution in [3.8, 4) is 5.88 Å². The molecule has 30 heavy (non-hydrogen) atoms. The Kier molecular flexibility index (Phi) is 5.94. The quantitative estimate of drug-likeness (QED) is 0.517. The van der Waals surface area contributed by atoms with E-state index >= 15 is 0 Å². The first-order chi connectivity index (χ1) is 14.7. The molecule has 0 spiro atoms. The van der Waals surface area contributed by atoms with Gasteiger partial charge in [-0.2, -0.15) is 9.61 Å². The molecule has 10 heteroatoms. The summed E-state index contributed by atoms with van der Waals surface area (Å²) in [4.78, 5) is 21.5. The van der Waals surface area contributed by atoms with E-state index < -0.39 is 0 Å². The zero-order valence-corrected chi connectivity index (χ0v) is 17.0. The van der Waals surface area contributed by atoms with Crippen LogP contribution in [0.1, 0.15) is 29.6 Å². The van der Waals surface area contributed by atoms with Crippen LogP contribution in [0, 0.1) is 0 Å². The van der Waals surface area contributed by atoms with Crippen molar-refractivity contribution < 1.29 is 14.3 Å². The van der Waals surface area contributed by atoms with Gasteiger partial charge in [-0.1, -0.05) is 0 Å². The van der Waals surface area contributed by atoms with E-state index in [9.17, 15) is 4.79 Å². The van der Waals surface area contributed by atoms with Gasteiger partial charge in [0, 0.05) is 32.5 Å². The van der Waals surface area contributed by atoms with Crippen LogP contribution in [0.3, 0.4) is 0 Å². The van der Waals surface area contributed by atoms with Crippen molar-refractivity contribution in [1.82, 2.24) is 24.9 Å². The fraction of sp³-hybridized carbons (Fsp3) is 0.400. The number of carbonyl (C=O) groups excluding carboxylic acids is 1. The molecule has 1 atom stereocenters. The molecule has 0 bridgehead atoms. The third-order valence-corrected chi connectivity index (χ3v) is 4.98. The Morgan fingerprint density at radius 3 is 3.10 bits per heavy atom. The molecule has 0 saturated carbocycles. The van der Waals surface area contributed by atoms with Crippen molar-refractivity contribution in [3.05, 3.63) is 36.2 Å². The first-order valence-electron chi connectivity index (χ1n) is 9.92. The van der Waals surface area contributed by atoms with Crippen LogP contribution in [-0.4, -0.2) is 58.9 Å². The van der Waals surface area contributed by atoms with Gasteiger partial charge >= 0.3 is 0 Å². The van der Waals surface area contributed by atoms with Gasteiger partial charge in [0.1, 0.15) is 22.9 Å². The Bertz CT molecular complexity index is 1030. The number of anilines is 3. The highest BCUT2D eigenvalue weighted by atomic mass is 16.5. The first-order valence-corrected chi connectivity index (χ1v) is 9.92. The maximum Gasteiger partial charge on any atom is 0.256 e. The van der Waals surface area contributed by atoms with Gasteiger partial charge in [-0.15, -0.1) is 0 Å². The number of ether oxygens (including phenoxy) is 2. The topological polar surface area (TPSA) is 115 Å².